The first kappa shape index (κ1) is 12.6. The molecule has 2 fully saturated rings. The first-order chi connectivity index (χ1) is 9.28. The van der Waals surface area contributed by atoms with Gasteiger partial charge in [-0.15, -0.1) is 5.10 Å². The van der Waals surface area contributed by atoms with Gasteiger partial charge in [0.1, 0.15) is 5.82 Å². The van der Waals surface area contributed by atoms with E-state index in [4.69, 9.17) is 5.73 Å². The number of carbonyl (C=O) groups excluding carboxylic acids is 1. The van der Waals surface area contributed by atoms with Crippen LogP contribution in [0.4, 0.5) is 0 Å². The number of amides is 1. The number of nitrogens with two attached hydrogens (primary N) is 1. The molecule has 0 aromatic carbocycles. The van der Waals surface area contributed by atoms with E-state index in [9.17, 15) is 4.79 Å². The van der Waals surface area contributed by atoms with Crippen LogP contribution in [0.25, 0.3) is 0 Å². The van der Waals surface area contributed by atoms with Gasteiger partial charge in [0.25, 0.3) is 5.91 Å². The van der Waals surface area contributed by atoms with Crippen molar-refractivity contribution in [2.45, 2.75) is 38.0 Å². The van der Waals surface area contributed by atoms with E-state index in [1.54, 1.807) is 0 Å². The van der Waals surface area contributed by atoms with E-state index in [0.717, 1.165) is 44.6 Å². The van der Waals surface area contributed by atoms with Gasteiger partial charge in [0.2, 0.25) is 5.82 Å². The largest absolute Gasteiger partial charge is 0.336 e. The molecule has 1 aromatic rings. The summed E-state index contributed by atoms with van der Waals surface area (Å²) in [7, 11) is 0. The number of H-pyrrole nitrogens is 1. The Hall–Kier alpha value is -1.43. The predicted octanol–water partition coefficient (Wildman–Crippen LogP) is 0.883. The Bertz CT molecular complexity index is 452. The second kappa shape index (κ2) is 5.28. The number of piperidine rings is 1. The summed E-state index contributed by atoms with van der Waals surface area (Å²) < 4.78 is 0. The van der Waals surface area contributed by atoms with Gasteiger partial charge in [-0.05, 0) is 44.6 Å². The van der Waals surface area contributed by atoms with Crippen molar-refractivity contribution in [2.24, 2.45) is 11.7 Å². The van der Waals surface area contributed by atoms with E-state index in [0.29, 0.717) is 24.2 Å². The topological polar surface area (TPSA) is 87.9 Å². The molecule has 1 amide bonds. The Morgan fingerprint density at radius 3 is 3.00 bits per heavy atom. The molecule has 2 aliphatic rings. The van der Waals surface area contributed by atoms with Gasteiger partial charge in [-0.1, -0.05) is 0 Å². The Labute approximate surface area is 112 Å². The van der Waals surface area contributed by atoms with Crippen LogP contribution >= 0.6 is 0 Å². The first-order valence-electron chi connectivity index (χ1n) is 7.19. The highest BCUT2D eigenvalue weighted by molar-refractivity contribution is 5.90. The summed E-state index contributed by atoms with van der Waals surface area (Å²) >= 11 is 0. The maximum absolute atomic E-state index is 12.4. The Morgan fingerprint density at radius 1 is 1.42 bits per heavy atom. The lowest BCUT2D eigenvalue weighted by molar-refractivity contribution is 0.0657. The summed E-state index contributed by atoms with van der Waals surface area (Å²) in [6.07, 6.45) is 5.53. The molecule has 104 valence electrons. The fourth-order valence-corrected chi connectivity index (χ4v) is 2.77. The molecule has 1 atom stereocenters. The van der Waals surface area contributed by atoms with Crippen LogP contribution in [0.2, 0.25) is 0 Å². The van der Waals surface area contributed by atoms with Crippen molar-refractivity contribution >= 4 is 5.91 Å². The van der Waals surface area contributed by atoms with Crippen LogP contribution in [0.5, 0.6) is 0 Å². The van der Waals surface area contributed by atoms with Gasteiger partial charge in [0.05, 0.1) is 0 Å². The summed E-state index contributed by atoms with van der Waals surface area (Å²) in [5, 5.41) is 6.97. The van der Waals surface area contributed by atoms with Crippen molar-refractivity contribution in [3.63, 3.8) is 0 Å². The summed E-state index contributed by atoms with van der Waals surface area (Å²) in [4.78, 5) is 18.6. The Morgan fingerprint density at radius 2 is 2.26 bits per heavy atom. The second-order valence-electron chi connectivity index (χ2n) is 5.66. The number of rotatable bonds is 4. The van der Waals surface area contributed by atoms with Crippen LogP contribution in [-0.4, -0.2) is 45.6 Å². The van der Waals surface area contributed by atoms with Crippen LogP contribution in [0.3, 0.4) is 0 Å². The molecule has 1 saturated heterocycles. The minimum Gasteiger partial charge on any atom is -0.336 e. The SMILES string of the molecule is NCCC1CCCN(C(=O)c2n[nH]c(C3CC3)n2)C1. The molecule has 0 bridgehead atoms. The van der Waals surface area contributed by atoms with E-state index in [2.05, 4.69) is 15.2 Å². The van der Waals surface area contributed by atoms with Crippen molar-refractivity contribution < 1.29 is 4.79 Å². The van der Waals surface area contributed by atoms with Crippen LogP contribution in [0, 0.1) is 5.92 Å². The third-order valence-electron chi connectivity index (χ3n) is 4.04. The van der Waals surface area contributed by atoms with Crippen LogP contribution < -0.4 is 5.73 Å². The fourth-order valence-electron chi connectivity index (χ4n) is 2.77. The van der Waals surface area contributed by atoms with Gasteiger partial charge in [0.15, 0.2) is 0 Å². The molecule has 1 unspecified atom stereocenters. The fraction of sp³-hybridized carbons (Fsp3) is 0.769. The van der Waals surface area contributed by atoms with E-state index < -0.39 is 0 Å². The Balaban J connectivity index is 1.64. The van der Waals surface area contributed by atoms with Crippen molar-refractivity contribution in [3.8, 4) is 0 Å². The molecule has 0 radical (unpaired) electrons. The summed E-state index contributed by atoms with van der Waals surface area (Å²) in [6.45, 7) is 2.30. The van der Waals surface area contributed by atoms with Gasteiger partial charge in [0, 0.05) is 19.0 Å². The molecule has 3 N–H and O–H groups in total. The number of nitrogens with one attached hydrogen (secondary N) is 1. The number of nitrogens with zero attached hydrogens (tertiary/aromatic N) is 3. The van der Waals surface area contributed by atoms with Gasteiger partial charge in [-0.2, -0.15) is 0 Å². The molecule has 1 aromatic heterocycles. The molecule has 1 aliphatic heterocycles. The molecule has 6 nitrogen and oxygen atoms in total. The van der Waals surface area contributed by atoms with Crippen molar-refractivity contribution in [3.05, 3.63) is 11.6 Å². The maximum Gasteiger partial charge on any atom is 0.293 e. The van der Waals surface area contributed by atoms with Crippen LogP contribution in [0.15, 0.2) is 0 Å². The van der Waals surface area contributed by atoms with Gasteiger partial charge < -0.3 is 10.6 Å². The number of carbonyl (C=O) groups is 1. The molecule has 2 heterocycles. The Kier molecular flexibility index (Phi) is 3.50. The molecule has 1 saturated carbocycles. The normalized spacial score (nSPS) is 23.6. The standard InChI is InChI=1S/C13H21N5O/c14-6-5-9-2-1-7-18(8-9)13(19)12-15-11(16-17-12)10-3-4-10/h9-10H,1-8,14H2,(H,15,16,17). The third kappa shape index (κ3) is 2.78. The second-order valence-corrected chi connectivity index (χ2v) is 5.66. The number of aromatic nitrogens is 3. The molecule has 19 heavy (non-hydrogen) atoms. The highest BCUT2D eigenvalue weighted by atomic mass is 16.2. The van der Waals surface area contributed by atoms with Gasteiger partial charge in [-0.3, -0.25) is 9.89 Å². The smallest absolute Gasteiger partial charge is 0.293 e. The molecule has 6 heteroatoms. The zero-order valence-electron chi connectivity index (χ0n) is 11.1. The van der Waals surface area contributed by atoms with Crippen molar-refractivity contribution in [1.82, 2.24) is 20.1 Å². The van der Waals surface area contributed by atoms with E-state index in [1.807, 2.05) is 4.90 Å². The summed E-state index contributed by atoms with van der Waals surface area (Å²) in [6, 6.07) is 0. The van der Waals surface area contributed by atoms with Gasteiger partial charge in [-0.25, -0.2) is 4.98 Å². The molecule has 3 rings (SSSR count). The lowest BCUT2D eigenvalue weighted by atomic mass is 9.95. The van der Waals surface area contributed by atoms with E-state index in [-0.39, 0.29) is 5.91 Å². The average molecular weight is 263 g/mol. The summed E-state index contributed by atoms with van der Waals surface area (Å²) in [5.74, 6) is 2.20. The lowest BCUT2D eigenvalue weighted by Crippen LogP contribution is -2.40. The maximum atomic E-state index is 12.4. The number of aromatic amines is 1. The number of likely N-dealkylation sites (tertiary alicyclic amines) is 1. The monoisotopic (exact) mass is 263 g/mol. The van der Waals surface area contributed by atoms with E-state index >= 15 is 0 Å². The zero-order chi connectivity index (χ0) is 13.2. The number of hydrogen-bond acceptors (Lipinski definition) is 4. The highest BCUT2D eigenvalue weighted by Crippen LogP contribution is 2.37. The minimum atomic E-state index is -0.0372. The summed E-state index contributed by atoms with van der Waals surface area (Å²) in [5.41, 5.74) is 5.60. The highest BCUT2D eigenvalue weighted by Gasteiger charge is 2.30. The lowest BCUT2D eigenvalue weighted by Gasteiger charge is -2.31. The van der Waals surface area contributed by atoms with Gasteiger partial charge >= 0.3 is 0 Å². The molecular weight excluding hydrogens is 242 g/mol. The molecular formula is C13H21N5O. The molecule has 1 aliphatic carbocycles. The van der Waals surface area contributed by atoms with Crippen LogP contribution in [0.1, 0.15) is 54.5 Å². The number of hydrogen-bond donors (Lipinski definition) is 2. The minimum absolute atomic E-state index is 0.0372. The van der Waals surface area contributed by atoms with Crippen molar-refractivity contribution in [2.75, 3.05) is 19.6 Å². The van der Waals surface area contributed by atoms with E-state index in [1.165, 1.54) is 6.42 Å². The quantitative estimate of drug-likeness (QED) is 0.844. The zero-order valence-corrected chi connectivity index (χ0v) is 11.1. The predicted molar refractivity (Wildman–Crippen MR) is 70.7 cm³/mol. The average Bonchev–Trinajstić information content (AvgIpc) is 3.17. The first-order valence-corrected chi connectivity index (χ1v) is 7.19. The third-order valence-corrected chi connectivity index (χ3v) is 4.04. The van der Waals surface area contributed by atoms with Crippen LogP contribution in [-0.2, 0) is 0 Å². The molecule has 0 spiro atoms. The van der Waals surface area contributed by atoms with Crippen molar-refractivity contribution in [1.29, 1.82) is 0 Å².